The van der Waals surface area contributed by atoms with E-state index in [2.05, 4.69) is 5.32 Å². The molecule has 0 unspecified atom stereocenters. The van der Waals surface area contributed by atoms with Crippen LogP contribution in [-0.2, 0) is 0 Å². The van der Waals surface area contributed by atoms with E-state index in [1.54, 1.807) is 0 Å². The number of phenolic OH excluding ortho intramolecular Hbond substituents is 1. The van der Waals surface area contributed by atoms with E-state index in [-0.39, 0.29) is 11.6 Å². The molecular formula is C11H12FNO3. The number of aromatic carboxylic acids is 1. The Hall–Kier alpha value is -1.62. The molecule has 1 aromatic rings. The van der Waals surface area contributed by atoms with E-state index in [0.29, 0.717) is 5.56 Å². The summed E-state index contributed by atoms with van der Waals surface area (Å²) in [6, 6.07) is 1.99. The third kappa shape index (κ3) is 1.86. The average Bonchev–Trinajstić information content (AvgIpc) is 2.74. The van der Waals surface area contributed by atoms with E-state index in [1.807, 2.05) is 0 Å². The summed E-state index contributed by atoms with van der Waals surface area (Å²) in [5, 5.41) is 21.4. The fourth-order valence-corrected chi connectivity index (χ4v) is 1.96. The lowest BCUT2D eigenvalue weighted by Crippen LogP contribution is -2.14. The summed E-state index contributed by atoms with van der Waals surface area (Å²) >= 11 is 0. The van der Waals surface area contributed by atoms with E-state index in [9.17, 15) is 14.3 Å². The number of nitrogens with one attached hydrogen (secondary N) is 1. The number of hydrogen-bond donors (Lipinski definition) is 3. The van der Waals surface area contributed by atoms with Crippen LogP contribution in [-0.4, -0.2) is 22.7 Å². The molecule has 0 bridgehead atoms. The van der Waals surface area contributed by atoms with Crippen LogP contribution < -0.4 is 5.32 Å². The van der Waals surface area contributed by atoms with Gasteiger partial charge in [-0.25, -0.2) is 9.18 Å². The average molecular weight is 225 g/mol. The smallest absolute Gasteiger partial charge is 0.335 e. The lowest BCUT2D eigenvalue weighted by Gasteiger charge is -2.13. The van der Waals surface area contributed by atoms with Gasteiger partial charge in [0.1, 0.15) is 0 Å². The largest absolute Gasteiger partial charge is 0.505 e. The van der Waals surface area contributed by atoms with Gasteiger partial charge in [-0.1, -0.05) is 0 Å². The van der Waals surface area contributed by atoms with Gasteiger partial charge in [-0.05, 0) is 31.5 Å². The number of benzene rings is 1. The van der Waals surface area contributed by atoms with E-state index in [4.69, 9.17) is 5.11 Å². The molecule has 16 heavy (non-hydrogen) atoms. The van der Waals surface area contributed by atoms with Gasteiger partial charge >= 0.3 is 5.97 Å². The molecule has 0 aromatic heterocycles. The number of rotatable bonds is 2. The predicted molar refractivity (Wildman–Crippen MR) is 55.0 cm³/mol. The topological polar surface area (TPSA) is 69.6 Å². The Morgan fingerprint density at radius 1 is 1.50 bits per heavy atom. The Morgan fingerprint density at radius 2 is 2.25 bits per heavy atom. The van der Waals surface area contributed by atoms with Crippen molar-refractivity contribution in [3.05, 3.63) is 29.1 Å². The zero-order valence-electron chi connectivity index (χ0n) is 8.53. The minimum atomic E-state index is -1.20. The highest BCUT2D eigenvalue weighted by Crippen LogP contribution is 2.33. The highest BCUT2D eigenvalue weighted by Gasteiger charge is 2.23. The van der Waals surface area contributed by atoms with Crippen LogP contribution in [0.2, 0.25) is 0 Å². The summed E-state index contributed by atoms with van der Waals surface area (Å²) in [6.45, 7) is 0.795. The summed E-state index contributed by atoms with van der Waals surface area (Å²) in [6.07, 6.45) is 1.71. The van der Waals surface area contributed by atoms with Crippen molar-refractivity contribution in [2.24, 2.45) is 0 Å². The maximum absolute atomic E-state index is 13.3. The number of phenols is 1. The molecule has 86 valence electrons. The molecule has 1 saturated heterocycles. The van der Waals surface area contributed by atoms with Crippen LogP contribution in [0.3, 0.4) is 0 Å². The van der Waals surface area contributed by atoms with Crippen LogP contribution in [0.15, 0.2) is 12.1 Å². The first kappa shape index (κ1) is 10.9. The van der Waals surface area contributed by atoms with Crippen molar-refractivity contribution in [2.45, 2.75) is 18.9 Å². The summed E-state index contributed by atoms with van der Waals surface area (Å²) in [5.74, 6) is -2.54. The fraction of sp³-hybridized carbons (Fsp3) is 0.364. The monoisotopic (exact) mass is 225 g/mol. The maximum Gasteiger partial charge on any atom is 0.335 e. The highest BCUT2D eigenvalue weighted by molar-refractivity contribution is 5.88. The van der Waals surface area contributed by atoms with Gasteiger partial charge in [0.25, 0.3) is 0 Å². The molecule has 4 nitrogen and oxygen atoms in total. The third-order valence-corrected chi connectivity index (χ3v) is 2.78. The molecule has 1 fully saturated rings. The van der Waals surface area contributed by atoms with Crippen LogP contribution in [0, 0.1) is 5.82 Å². The molecule has 1 aliphatic heterocycles. The molecule has 1 heterocycles. The van der Waals surface area contributed by atoms with Crippen molar-refractivity contribution in [3.63, 3.8) is 0 Å². The standard InChI is InChI=1S/C11H12FNO3/c12-8-5-6(11(15)16)4-7(10(8)14)9-2-1-3-13-9/h4-5,9,13-14H,1-3H2,(H,15,16)/t9-/m0/s1. The van der Waals surface area contributed by atoms with Gasteiger partial charge in [0.05, 0.1) is 5.56 Å². The molecule has 0 amide bonds. The molecule has 0 aliphatic carbocycles. The minimum absolute atomic E-state index is 0.140. The number of hydrogen-bond acceptors (Lipinski definition) is 3. The van der Waals surface area contributed by atoms with Crippen molar-refractivity contribution in [1.29, 1.82) is 0 Å². The summed E-state index contributed by atoms with van der Waals surface area (Å²) < 4.78 is 13.3. The Balaban J connectivity index is 2.45. The molecule has 1 aliphatic rings. The SMILES string of the molecule is O=C(O)c1cc(F)c(O)c([C@@H]2CCCN2)c1. The number of carboxylic acid groups (broad SMARTS) is 1. The number of halogens is 1. The van der Waals surface area contributed by atoms with Crippen molar-refractivity contribution >= 4 is 5.97 Å². The van der Waals surface area contributed by atoms with Crippen LogP contribution in [0.1, 0.15) is 34.8 Å². The molecule has 3 N–H and O–H groups in total. The van der Waals surface area contributed by atoms with Crippen LogP contribution in [0.25, 0.3) is 0 Å². The molecule has 1 atom stereocenters. The molecule has 0 spiro atoms. The summed E-state index contributed by atoms with van der Waals surface area (Å²) in [4.78, 5) is 10.8. The Kier molecular flexibility index (Phi) is 2.78. The Morgan fingerprint density at radius 3 is 2.81 bits per heavy atom. The van der Waals surface area contributed by atoms with Crippen molar-refractivity contribution in [3.8, 4) is 5.75 Å². The lowest BCUT2D eigenvalue weighted by molar-refractivity contribution is 0.0696. The number of aromatic hydroxyl groups is 1. The molecule has 1 aromatic carbocycles. The maximum atomic E-state index is 13.3. The number of carbonyl (C=O) groups is 1. The zero-order chi connectivity index (χ0) is 11.7. The van der Waals surface area contributed by atoms with Gasteiger partial charge in [-0.2, -0.15) is 0 Å². The van der Waals surface area contributed by atoms with E-state index < -0.39 is 17.5 Å². The number of carboxylic acids is 1. The molecular weight excluding hydrogens is 213 g/mol. The normalized spacial score (nSPS) is 19.9. The molecule has 5 heteroatoms. The Labute approximate surface area is 91.7 Å². The van der Waals surface area contributed by atoms with E-state index >= 15 is 0 Å². The van der Waals surface area contributed by atoms with Gasteiger partial charge in [-0.3, -0.25) is 0 Å². The van der Waals surface area contributed by atoms with Crippen LogP contribution >= 0.6 is 0 Å². The van der Waals surface area contributed by atoms with E-state index in [1.165, 1.54) is 6.07 Å². The van der Waals surface area contributed by atoms with Gasteiger partial charge < -0.3 is 15.5 Å². The van der Waals surface area contributed by atoms with Crippen molar-refractivity contribution < 1.29 is 19.4 Å². The molecule has 0 saturated carbocycles. The third-order valence-electron chi connectivity index (χ3n) is 2.78. The molecule has 2 rings (SSSR count). The Bertz CT molecular complexity index is 427. The van der Waals surface area contributed by atoms with E-state index in [0.717, 1.165) is 25.5 Å². The second-order valence-electron chi connectivity index (χ2n) is 3.85. The van der Waals surface area contributed by atoms with Gasteiger partial charge in [0.15, 0.2) is 11.6 Å². The first-order valence-corrected chi connectivity index (χ1v) is 5.08. The van der Waals surface area contributed by atoms with Gasteiger partial charge in [0, 0.05) is 11.6 Å². The first-order valence-electron chi connectivity index (χ1n) is 5.08. The second-order valence-corrected chi connectivity index (χ2v) is 3.85. The van der Waals surface area contributed by atoms with Crippen LogP contribution in [0.4, 0.5) is 4.39 Å². The second kappa shape index (κ2) is 4.09. The molecule has 0 radical (unpaired) electrons. The minimum Gasteiger partial charge on any atom is -0.505 e. The summed E-state index contributed by atoms with van der Waals surface area (Å²) in [5.41, 5.74) is 0.189. The van der Waals surface area contributed by atoms with Crippen molar-refractivity contribution in [1.82, 2.24) is 5.32 Å². The predicted octanol–water partition coefficient (Wildman–Crippen LogP) is 1.65. The van der Waals surface area contributed by atoms with Crippen molar-refractivity contribution in [2.75, 3.05) is 6.54 Å². The highest BCUT2D eigenvalue weighted by atomic mass is 19.1. The van der Waals surface area contributed by atoms with Gasteiger partial charge in [-0.15, -0.1) is 0 Å². The zero-order valence-corrected chi connectivity index (χ0v) is 8.53. The quantitative estimate of drug-likeness (QED) is 0.715. The van der Waals surface area contributed by atoms with Gasteiger partial charge in [0.2, 0.25) is 0 Å². The summed E-state index contributed by atoms with van der Waals surface area (Å²) in [7, 11) is 0. The lowest BCUT2D eigenvalue weighted by atomic mass is 10.0. The first-order chi connectivity index (χ1) is 7.59. The van der Waals surface area contributed by atoms with Crippen LogP contribution in [0.5, 0.6) is 5.75 Å². The fourth-order valence-electron chi connectivity index (χ4n) is 1.96.